The van der Waals surface area contributed by atoms with Crippen LogP contribution in [-0.4, -0.2) is 9.55 Å². The molecule has 0 fully saturated rings. The molecular weight excluding hydrogens is 444 g/mol. The molecule has 0 radical (unpaired) electrons. The average molecular weight is 481 g/mol. The molecule has 0 saturated heterocycles. The maximum Gasteiger partial charge on any atom is 0.147 e. The molecule has 5 aromatic rings. The number of nitrogens with zero attached hydrogens (tertiary/aromatic N) is 2. The molecule has 2 heterocycles. The van der Waals surface area contributed by atoms with Crippen LogP contribution in [0.3, 0.4) is 0 Å². The molecule has 0 bridgehead atoms. The number of hydrogen-bond donors (Lipinski definition) is 0. The Labute approximate surface area is 213 Å². The highest BCUT2D eigenvalue weighted by molar-refractivity contribution is 7.17. The van der Waals surface area contributed by atoms with Crippen molar-refractivity contribution in [2.24, 2.45) is 5.41 Å². The molecule has 0 unspecified atom stereocenters. The highest BCUT2D eigenvalue weighted by Gasteiger charge is 2.23. The van der Waals surface area contributed by atoms with E-state index in [1.165, 1.54) is 43.5 Å². The van der Waals surface area contributed by atoms with Gasteiger partial charge in [0.1, 0.15) is 5.82 Å². The SMILES string of the molecule is CC(C)c1cccc(C(C)C)c1-n1c(-c2csc3ccc(CC(C)(C)C)cc23)nc2ccccc21. The van der Waals surface area contributed by atoms with Gasteiger partial charge in [0.2, 0.25) is 0 Å². The van der Waals surface area contributed by atoms with E-state index in [2.05, 4.69) is 119 Å². The van der Waals surface area contributed by atoms with Gasteiger partial charge < -0.3 is 0 Å². The highest BCUT2D eigenvalue weighted by Crippen LogP contribution is 2.41. The van der Waals surface area contributed by atoms with Crippen molar-refractivity contribution in [2.75, 3.05) is 0 Å². The third kappa shape index (κ3) is 4.43. The lowest BCUT2D eigenvalue weighted by Gasteiger charge is -2.22. The summed E-state index contributed by atoms with van der Waals surface area (Å²) in [6.45, 7) is 16.1. The van der Waals surface area contributed by atoms with Crippen LogP contribution in [0.5, 0.6) is 0 Å². The zero-order valence-electron chi connectivity index (χ0n) is 22.0. The van der Waals surface area contributed by atoms with Gasteiger partial charge in [0, 0.05) is 21.0 Å². The summed E-state index contributed by atoms with van der Waals surface area (Å²) in [5, 5.41) is 3.61. The van der Waals surface area contributed by atoms with Crippen LogP contribution in [-0.2, 0) is 6.42 Å². The Balaban J connectivity index is 1.84. The molecule has 0 aliphatic carbocycles. The average Bonchev–Trinajstić information content (AvgIpc) is 3.38. The first-order valence-corrected chi connectivity index (χ1v) is 13.6. The van der Waals surface area contributed by atoms with Gasteiger partial charge in [-0.2, -0.15) is 0 Å². The molecule has 0 atom stereocenters. The molecule has 0 N–H and O–H groups in total. The minimum atomic E-state index is 0.249. The van der Waals surface area contributed by atoms with E-state index in [9.17, 15) is 0 Å². The summed E-state index contributed by atoms with van der Waals surface area (Å²) in [5.74, 6) is 1.87. The van der Waals surface area contributed by atoms with Gasteiger partial charge in [-0.05, 0) is 64.6 Å². The molecule has 0 aliphatic rings. The van der Waals surface area contributed by atoms with Gasteiger partial charge in [0.25, 0.3) is 0 Å². The van der Waals surface area contributed by atoms with Crippen molar-refractivity contribution in [2.45, 2.75) is 66.7 Å². The second-order valence-corrected chi connectivity index (χ2v) is 12.5. The van der Waals surface area contributed by atoms with Gasteiger partial charge in [-0.1, -0.05) is 84.9 Å². The lowest BCUT2D eigenvalue weighted by Crippen LogP contribution is -2.09. The summed E-state index contributed by atoms with van der Waals surface area (Å²) in [6.07, 6.45) is 1.06. The predicted molar refractivity (Wildman–Crippen MR) is 153 cm³/mol. The van der Waals surface area contributed by atoms with Crippen molar-refractivity contribution in [3.8, 4) is 17.1 Å². The maximum absolute atomic E-state index is 5.26. The molecule has 2 aromatic heterocycles. The van der Waals surface area contributed by atoms with Gasteiger partial charge in [-0.3, -0.25) is 4.57 Å². The number of hydrogen-bond acceptors (Lipinski definition) is 2. The largest absolute Gasteiger partial charge is 0.292 e. The maximum atomic E-state index is 5.26. The van der Waals surface area contributed by atoms with E-state index in [0.717, 1.165) is 17.8 Å². The molecule has 0 amide bonds. The lowest BCUT2D eigenvalue weighted by atomic mass is 9.88. The van der Waals surface area contributed by atoms with Crippen molar-refractivity contribution in [3.05, 3.63) is 82.7 Å². The normalized spacial score (nSPS) is 12.5. The van der Waals surface area contributed by atoms with Gasteiger partial charge in [0.15, 0.2) is 0 Å². The molecule has 180 valence electrons. The quantitative estimate of drug-likeness (QED) is 0.245. The minimum absolute atomic E-state index is 0.249. The van der Waals surface area contributed by atoms with E-state index in [-0.39, 0.29) is 5.41 Å². The Kier molecular flexibility index (Phi) is 6.09. The summed E-state index contributed by atoms with van der Waals surface area (Å²) in [5.41, 5.74) is 9.11. The second-order valence-electron chi connectivity index (χ2n) is 11.6. The van der Waals surface area contributed by atoms with Crippen molar-refractivity contribution in [1.82, 2.24) is 9.55 Å². The van der Waals surface area contributed by atoms with E-state index in [0.29, 0.717) is 11.8 Å². The Hall–Kier alpha value is -2.91. The van der Waals surface area contributed by atoms with E-state index in [1.54, 1.807) is 0 Å². The van der Waals surface area contributed by atoms with Crippen molar-refractivity contribution in [1.29, 1.82) is 0 Å². The summed E-state index contributed by atoms with van der Waals surface area (Å²) < 4.78 is 3.76. The van der Waals surface area contributed by atoms with Crippen molar-refractivity contribution < 1.29 is 0 Å². The summed E-state index contributed by atoms with van der Waals surface area (Å²) in [4.78, 5) is 5.26. The number of aromatic nitrogens is 2. The lowest BCUT2D eigenvalue weighted by molar-refractivity contribution is 0.411. The van der Waals surface area contributed by atoms with Gasteiger partial charge in [0.05, 0.1) is 16.7 Å². The van der Waals surface area contributed by atoms with Crippen LogP contribution >= 0.6 is 11.3 Å². The number of para-hydroxylation sites is 3. The monoisotopic (exact) mass is 480 g/mol. The molecule has 35 heavy (non-hydrogen) atoms. The second kappa shape index (κ2) is 8.95. The number of fused-ring (bicyclic) bond motifs is 2. The Morgan fingerprint density at radius 2 is 1.54 bits per heavy atom. The molecule has 0 saturated carbocycles. The van der Waals surface area contributed by atoms with Crippen LogP contribution in [0, 0.1) is 5.41 Å². The smallest absolute Gasteiger partial charge is 0.147 e. The summed E-state index contributed by atoms with van der Waals surface area (Å²) in [6, 6.07) is 22.4. The zero-order valence-corrected chi connectivity index (χ0v) is 22.8. The third-order valence-corrected chi connectivity index (χ3v) is 7.70. The van der Waals surface area contributed by atoms with Crippen LogP contribution in [0.4, 0.5) is 0 Å². The van der Waals surface area contributed by atoms with Crippen molar-refractivity contribution in [3.63, 3.8) is 0 Å². The number of benzene rings is 3. The first-order chi connectivity index (χ1) is 16.6. The third-order valence-electron chi connectivity index (χ3n) is 6.74. The van der Waals surface area contributed by atoms with Gasteiger partial charge in [-0.25, -0.2) is 4.98 Å². The van der Waals surface area contributed by atoms with Gasteiger partial charge >= 0.3 is 0 Å². The fourth-order valence-electron chi connectivity index (χ4n) is 5.17. The summed E-state index contributed by atoms with van der Waals surface area (Å²) in [7, 11) is 0. The van der Waals surface area contributed by atoms with Crippen LogP contribution in [0.1, 0.15) is 77.0 Å². The topological polar surface area (TPSA) is 17.8 Å². The molecule has 0 spiro atoms. The molecule has 2 nitrogen and oxygen atoms in total. The van der Waals surface area contributed by atoms with Crippen molar-refractivity contribution >= 4 is 32.5 Å². The summed E-state index contributed by atoms with van der Waals surface area (Å²) >= 11 is 1.82. The molecule has 5 rings (SSSR count). The Morgan fingerprint density at radius 1 is 0.857 bits per heavy atom. The Morgan fingerprint density at radius 3 is 2.20 bits per heavy atom. The van der Waals surface area contributed by atoms with E-state index in [1.807, 2.05) is 11.3 Å². The first-order valence-electron chi connectivity index (χ1n) is 12.7. The van der Waals surface area contributed by atoms with Crippen LogP contribution in [0.15, 0.2) is 66.0 Å². The number of imidazole rings is 1. The van der Waals surface area contributed by atoms with Gasteiger partial charge in [-0.15, -0.1) is 11.3 Å². The van der Waals surface area contributed by atoms with E-state index >= 15 is 0 Å². The van der Waals surface area contributed by atoms with Crippen LogP contribution in [0.25, 0.3) is 38.2 Å². The minimum Gasteiger partial charge on any atom is -0.292 e. The Bertz CT molecular complexity index is 1480. The predicted octanol–water partition coefficient (Wildman–Crippen LogP) is 9.74. The molecular formula is C32H36N2S. The zero-order chi connectivity index (χ0) is 24.9. The number of rotatable bonds is 5. The number of thiophene rings is 1. The first kappa shape index (κ1) is 23.8. The van der Waals surface area contributed by atoms with E-state index < -0.39 is 0 Å². The molecule has 0 aliphatic heterocycles. The standard InChI is InChI=1S/C32H36N2S/c1-20(2)23-11-10-12-24(21(3)4)30(23)34-28-14-9-8-13-27(28)33-31(34)26-19-35-29-16-15-22(17-25(26)29)18-32(5,6)7/h8-17,19-21H,18H2,1-7H3. The molecule has 3 heteroatoms. The fraction of sp³-hybridized carbons (Fsp3) is 0.344. The van der Waals surface area contributed by atoms with Crippen LogP contribution in [0.2, 0.25) is 0 Å². The highest BCUT2D eigenvalue weighted by atomic mass is 32.1. The van der Waals surface area contributed by atoms with E-state index in [4.69, 9.17) is 4.98 Å². The van der Waals surface area contributed by atoms with Crippen LogP contribution < -0.4 is 0 Å². The molecule has 3 aromatic carbocycles. The fourth-order valence-corrected chi connectivity index (χ4v) is 6.09.